The van der Waals surface area contributed by atoms with Gasteiger partial charge in [0.2, 0.25) is 0 Å². The Morgan fingerprint density at radius 2 is 1.94 bits per heavy atom. The van der Waals surface area contributed by atoms with Gasteiger partial charge < -0.3 is 5.32 Å². The van der Waals surface area contributed by atoms with Crippen molar-refractivity contribution in [3.63, 3.8) is 0 Å². The lowest BCUT2D eigenvalue weighted by molar-refractivity contribution is 0.591. The summed E-state index contributed by atoms with van der Waals surface area (Å²) >= 11 is 6.16. The zero-order valence-corrected chi connectivity index (χ0v) is 11.4. The molecule has 0 amide bonds. The molecule has 1 N–H and O–H groups in total. The Labute approximate surface area is 107 Å². The number of rotatable bonds is 1. The van der Waals surface area contributed by atoms with Crippen LogP contribution >= 0.6 is 11.6 Å². The van der Waals surface area contributed by atoms with Crippen molar-refractivity contribution in [3.05, 3.63) is 34.9 Å². The standard InChI is InChI=1S/C14H17ClN2/c1-14(2,3)10-8-9-6-5-7-11(15)12(9)17-13(10)16-4/h5-8H,1-4H3,(H,16,17). The number of fused-ring (bicyclic) bond motifs is 1. The molecule has 0 radical (unpaired) electrons. The monoisotopic (exact) mass is 248 g/mol. The van der Waals surface area contributed by atoms with Crippen molar-refractivity contribution in [1.29, 1.82) is 0 Å². The lowest BCUT2D eigenvalue weighted by Gasteiger charge is -2.22. The molecule has 1 aromatic heterocycles. The van der Waals surface area contributed by atoms with Crippen LogP contribution in [0.25, 0.3) is 10.9 Å². The summed E-state index contributed by atoms with van der Waals surface area (Å²) in [6.07, 6.45) is 0. The molecule has 0 spiro atoms. The fraction of sp³-hybridized carbons (Fsp3) is 0.357. The number of halogens is 1. The molecular weight excluding hydrogens is 232 g/mol. The largest absolute Gasteiger partial charge is 0.373 e. The van der Waals surface area contributed by atoms with Gasteiger partial charge in [0.1, 0.15) is 5.82 Å². The first-order valence-corrected chi connectivity index (χ1v) is 6.09. The number of benzene rings is 1. The van der Waals surface area contributed by atoms with Gasteiger partial charge in [-0.05, 0) is 17.5 Å². The number of anilines is 1. The van der Waals surface area contributed by atoms with Gasteiger partial charge >= 0.3 is 0 Å². The van der Waals surface area contributed by atoms with Gasteiger partial charge in [-0.1, -0.05) is 44.5 Å². The third kappa shape index (κ3) is 2.22. The van der Waals surface area contributed by atoms with Crippen LogP contribution in [0.15, 0.2) is 24.3 Å². The van der Waals surface area contributed by atoms with Gasteiger partial charge in [0.05, 0.1) is 10.5 Å². The van der Waals surface area contributed by atoms with Crippen LogP contribution in [0.5, 0.6) is 0 Å². The van der Waals surface area contributed by atoms with Crippen LogP contribution in [-0.4, -0.2) is 12.0 Å². The minimum atomic E-state index is 0.0574. The number of pyridine rings is 1. The highest BCUT2D eigenvalue weighted by molar-refractivity contribution is 6.35. The fourth-order valence-electron chi connectivity index (χ4n) is 1.92. The van der Waals surface area contributed by atoms with Gasteiger partial charge in [-0.25, -0.2) is 4.98 Å². The van der Waals surface area contributed by atoms with Gasteiger partial charge in [-0.2, -0.15) is 0 Å². The molecule has 2 aromatic rings. The second kappa shape index (κ2) is 4.19. The normalized spacial score (nSPS) is 11.8. The van der Waals surface area contributed by atoms with Crippen molar-refractivity contribution in [3.8, 4) is 0 Å². The zero-order valence-electron chi connectivity index (χ0n) is 10.6. The van der Waals surface area contributed by atoms with E-state index in [2.05, 4.69) is 37.1 Å². The van der Waals surface area contributed by atoms with Crippen molar-refractivity contribution in [2.24, 2.45) is 0 Å². The Bertz CT molecular complexity index is 556. The lowest BCUT2D eigenvalue weighted by Crippen LogP contribution is -2.15. The Balaban J connectivity index is 2.78. The van der Waals surface area contributed by atoms with Gasteiger partial charge in [0, 0.05) is 18.0 Å². The molecule has 0 bridgehead atoms. The smallest absolute Gasteiger partial charge is 0.130 e. The molecule has 0 aliphatic carbocycles. The maximum Gasteiger partial charge on any atom is 0.130 e. The zero-order chi connectivity index (χ0) is 12.6. The number of para-hydroxylation sites is 1. The molecule has 0 unspecified atom stereocenters. The summed E-state index contributed by atoms with van der Waals surface area (Å²) in [5, 5.41) is 4.93. The Kier molecular flexibility index (Phi) is 3.00. The van der Waals surface area contributed by atoms with Crippen LogP contribution in [0.4, 0.5) is 5.82 Å². The average Bonchev–Trinajstić information content (AvgIpc) is 2.27. The van der Waals surface area contributed by atoms with Crippen molar-refractivity contribution in [1.82, 2.24) is 4.98 Å². The van der Waals surface area contributed by atoms with Crippen LogP contribution in [0.3, 0.4) is 0 Å². The van der Waals surface area contributed by atoms with E-state index in [0.717, 1.165) is 16.7 Å². The number of hydrogen-bond donors (Lipinski definition) is 1. The molecule has 3 heteroatoms. The second-order valence-corrected chi connectivity index (χ2v) is 5.60. The lowest BCUT2D eigenvalue weighted by atomic mass is 9.86. The molecule has 90 valence electrons. The summed E-state index contributed by atoms with van der Waals surface area (Å²) in [6, 6.07) is 8.04. The van der Waals surface area contributed by atoms with Crippen LogP contribution in [0, 0.1) is 0 Å². The average molecular weight is 249 g/mol. The molecule has 2 rings (SSSR count). The molecule has 1 aromatic carbocycles. The third-order valence-electron chi connectivity index (χ3n) is 2.84. The summed E-state index contributed by atoms with van der Waals surface area (Å²) in [4.78, 5) is 4.62. The van der Waals surface area contributed by atoms with Crippen LogP contribution in [0.1, 0.15) is 26.3 Å². The van der Waals surface area contributed by atoms with Crippen molar-refractivity contribution >= 4 is 28.3 Å². The van der Waals surface area contributed by atoms with Gasteiger partial charge in [-0.15, -0.1) is 0 Å². The van der Waals surface area contributed by atoms with E-state index in [1.165, 1.54) is 5.56 Å². The number of hydrogen-bond acceptors (Lipinski definition) is 2. The highest BCUT2D eigenvalue weighted by atomic mass is 35.5. The summed E-state index contributed by atoms with van der Waals surface area (Å²) in [5.41, 5.74) is 2.11. The molecule has 2 nitrogen and oxygen atoms in total. The van der Waals surface area contributed by atoms with Crippen LogP contribution < -0.4 is 5.32 Å². The molecule has 17 heavy (non-hydrogen) atoms. The van der Waals surface area contributed by atoms with E-state index in [-0.39, 0.29) is 5.41 Å². The predicted molar refractivity (Wildman–Crippen MR) is 75.0 cm³/mol. The number of aromatic nitrogens is 1. The number of nitrogens with one attached hydrogen (secondary N) is 1. The van der Waals surface area contributed by atoms with Crippen LogP contribution in [0.2, 0.25) is 5.02 Å². The SMILES string of the molecule is CNc1nc2c(Cl)cccc2cc1C(C)(C)C. The highest BCUT2D eigenvalue weighted by Crippen LogP contribution is 2.32. The molecule has 0 aliphatic rings. The van der Waals surface area contributed by atoms with E-state index in [1.54, 1.807) is 0 Å². The predicted octanol–water partition coefficient (Wildman–Crippen LogP) is 4.23. The second-order valence-electron chi connectivity index (χ2n) is 5.20. The van der Waals surface area contributed by atoms with E-state index in [9.17, 15) is 0 Å². The topological polar surface area (TPSA) is 24.9 Å². The minimum Gasteiger partial charge on any atom is -0.373 e. The number of nitrogens with zero attached hydrogens (tertiary/aromatic N) is 1. The molecule has 0 saturated carbocycles. The highest BCUT2D eigenvalue weighted by Gasteiger charge is 2.19. The first kappa shape index (κ1) is 12.2. The van der Waals surface area contributed by atoms with Gasteiger partial charge in [0.25, 0.3) is 0 Å². The van der Waals surface area contributed by atoms with Gasteiger partial charge in [0.15, 0.2) is 0 Å². The maximum atomic E-state index is 6.16. The fourth-order valence-corrected chi connectivity index (χ4v) is 2.15. The Morgan fingerprint density at radius 1 is 1.24 bits per heavy atom. The van der Waals surface area contributed by atoms with Crippen molar-refractivity contribution in [2.75, 3.05) is 12.4 Å². The quantitative estimate of drug-likeness (QED) is 0.817. The van der Waals surface area contributed by atoms with E-state index in [4.69, 9.17) is 11.6 Å². The maximum absolute atomic E-state index is 6.16. The van der Waals surface area contributed by atoms with Gasteiger partial charge in [-0.3, -0.25) is 0 Å². The molecule has 0 fully saturated rings. The van der Waals surface area contributed by atoms with Crippen LogP contribution in [-0.2, 0) is 5.41 Å². The summed E-state index contributed by atoms with van der Waals surface area (Å²) in [7, 11) is 1.89. The summed E-state index contributed by atoms with van der Waals surface area (Å²) in [5.74, 6) is 0.901. The molecule has 1 heterocycles. The minimum absolute atomic E-state index is 0.0574. The van der Waals surface area contributed by atoms with E-state index in [0.29, 0.717) is 5.02 Å². The Morgan fingerprint density at radius 3 is 2.53 bits per heavy atom. The molecule has 0 atom stereocenters. The van der Waals surface area contributed by atoms with E-state index >= 15 is 0 Å². The molecule has 0 saturated heterocycles. The first-order chi connectivity index (χ1) is 7.93. The summed E-state index contributed by atoms with van der Waals surface area (Å²) < 4.78 is 0. The molecule has 0 aliphatic heterocycles. The van der Waals surface area contributed by atoms with E-state index < -0.39 is 0 Å². The third-order valence-corrected chi connectivity index (χ3v) is 3.15. The van der Waals surface area contributed by atoms with E-state index in [1.807, 2.05) is 25.2 Å². The molecular formula is C14H17ClN2. The van der Waals surface area contributed by atoms with Crippen molar-refractivity contribution < 1.29 is 0 Å². The van der Waals surface area contributed by atoms with Crippen molar-refractivity contribution in [2.45, 2.75) is 26.2 Å². The Hall–Kier alpha value is -1.28. The summed E-state index contributed by atoms with van der Waals surface area (Å²) in [6.45, 7) is 6.55. The first-order valence-electron chi connectivity index (χ1n) is 5.71.